The molecule has 0 fully saturated rings. The SMILES string of the molecule is CC(C)(C=S)c1ccccc1. The molecule has 0 unspecified atom stereocenters. The quantitative estimate of drug-likeness (QED) is 0.605. The van der Waals surface area contributed by atoms with E-state index in [0.717, 1.165) is 0 Å². The maximum atomic E-state index is 4.95. The highest BCUT2D eigenvalue weighted by Gasteiger charge is 2.15. The molecule has 0 aliphatic rings. The molecule has 0 saturated carbocycles. The standard InChI is InChI=1S/C10H12S/c1-10(2,8-11)9-6-4-3-5-7-9/h3-8H,1-2H3. The molecule has 0 saturated heterocycles. The van der Waals surface area contributed by atoms with Crippen LogP contribution in [-0.4, -0.2) is 5.37 Å². The normalized spacial score (nSPS) is 11.1. The Balaban J connectivity index is 3.02. The fourth-order valence-electron chi connectivity index (χ4n) is 0.936. The van der Waals surface area contributed by atoms with Gasteiger partial charge in [0.2, 0.25) is 0 Å². The minimum absolute atomic E-state index is 0.0244. The van der Waals surface area contributed by atoms with E-state index >= 15 is 0 Å². The minimum atomic E-state index is 0.0244. The molecule has 1 heteroatoms. The van der Waals surface area contributed by atoms with Crippen molar-refractivity contribution in [3.63, 3.8) is 0 Å². The second-order valence-electron chi connectivity index (χ2n) is 3.21. The van der Waals surface area contributed by atoms with Crippen molar-refractivity contribution in [2.45, 2.75) is 19.3 Å². The highest BCUT2D eigenvalue weighted by atomic mass is 32.1. The maximum absolute atomic E-state index is 4.95. The molecule has 0 aliphatic heterocycles. The average Bonchev–Trinajstić information content (AvgIpc) is 2.06. The molecule has 0 amide bonds. The summed E-state index contributed by atoms with van der Waals surface area (Å²) in [5.74, 6) is 0. The van der Waals surface area contributed by atoms with Crippen LogP contribution < -0.4 is 0 Å². The molecule has 58 valence electrons. The molecule has 0 spiro atoms. The van der Waals surface area contributed by atoms with Gasteiger partial charge in [-0.2, -0.15) is 0 Å². The van der Waals surface area contributed by atoms with Gasteiger partial charge in [0, 0.05) is 5.41 Å². The molecule has 0 nitrogen and oxygen atoms in total. The highest BCUT2D eigenvalue weighted by Crippen LogP contribution is 2.19. The number of benzene rings is 1. The van der Waals surface area contributed by atoms with E-state index in [0.29, 0.717) is 0 Å². The third kappa shape index (κ3) is 1.87. The third-order valence-electron chi connectivity index (χ3n) is 1.81. The van der Waals surface area contributed by atoms with Crippen LogP contribution in [0.1, 0.15) is 19.4 Å². The van der Waals surface area contributed by atoms with Crippen molar-refractivity contribution >= 4 is 17.6 Å². The molecule has 1 rings (SSSR count). The van der Waals surface area contributed by atoms with Crippen molar-refractivity contribution in [3.05, 3.63) is 35.9 Å². The predicted octanol–water partition coefficient (Wildman–Crippen LogP) is 2.96. The van der Waals surface area contributed by atoms with Crippen LogP contribution in [0.5, 0.6) is 0 Å². The lowest BCUT2D eigenvalue weighted by molar-refractivity contribution is 0.744. The molecule has 0 bridgehead atoms. The molecular formula is C10H12S. The molecular weight excluding hydrogens is 152 g/mol. The zero-order valence-electron chi connectivity index (χ0n) is 6.87. The lowest BCUT2D eigenvalue weighted by Crippen LogP contribution is -2.16. The summed E-state index contributed by atoms with van der Waals surface area (Å²) >= 11 is 4.95. The van der Waals surface area contributed by atoms with Crippen LogP contribution in [-0.2, 0) is 5.41 Å². The molecule has 0 N–H and O–H groups in total. The molecule has 0 atom stereocenters. The Morgan fingerprint density at radius 1 is 1.18 bits per heavy atom. The van der Waals surface area contributed by atoms with Gasteiger partial charge in [-0.15, -0.1) is 0 Å². The van der Waals surface area contributed by atoms with Crippen molar-refractivity contribution in [3.8, 4) is 0 Å². The van der Waals surface area contributed by atoms with Gasteiger partial charge in [0.15, 0.2) is 0 Å². The zero-order valence-corrected chi connectivity index (χ0v) is 7.69. The Bertz CT molecular complexity index is 236. The van der Waals surface area contributed by atoms with E-state index in [1.807, 2.05) is 23.6 Å². The summed E-state index contributed by atoms with van der Waals surface area (Å²) in [6.45, 7) is 4.24. The lowest BCUT2D eigenvalue weighted by atomic mass is 9.87. The molecule has 1 aromatic carbocycles. The largest absolute Gasteiger partial charge is 0.0925 e. The van der Waals surface area contributed by atoms with Crippen LogP contribution in [0.25, 0.3) is 0 Å². The van der Waals surface area contributed by atoms with Gasteiger partial charge < -0.3 is 0 Å². The topological polar surface area (TPSA) is 0 Å². The first-order valence-corrected chi connectivity index (χ1v) is 4.16. The number of hydrogen-bond acceptors (Lipinski definition) is 1. The van der Waals surface area contributed by atoms with Gasteiger partial charge in [0.1, 0.15) is 0 Å². The van der Waals surface area contributed by atoms with E-state index in [1.165, 1.54) is 5.56 Å². The third-order valence-corrected chi connectivity index (χ3v) is 2.40. The smallest absolute Gasteiger partial charge is 0.0179 e. The average molecular weight is 164 g/mol. The summed E-state index contributed by atoms with van der Waals surface area (Å²) in [5.41, 5.74) is 1.30. The first-order valence-electron chi connectivity index (χ1n) is 3.69. The molecule has 0 radical (unpaired) electrons. The molecule has 0 aromatic heterocycles. The van der Waals surface area contributed by atoms with Crippen LogP contribution in [0, 0.1) is 0 Å². The van der Waals surface area contributed by atoms with Gasteiger partial charge in [-0.05, 0) is 10.9 Å². The summed E-state index contributed by atoms with van der Waals surface area (Å²) in [4.78, 5) is 0. The maximum Gasteiger partial charge on any atom is 0.0179 e. The molecule has 0 heterocycles. The van der Waals surface area contributed by atoms with Crippen LogP contribution in [0.3, 0.4) is 0 Å². The van der Waals surface area contributed by atoms with Gasteiger partial charge >= 0.3 is 0 Å². The Labute approximate surface area is 73.2 Å². The molecule has 0 aliphatic carbocycles. The van der Waals surface area contributed by atoms with Crippen molar-refractivity contribution < 1.29 is 0 Å². The second kappa shape index (κ2) is 3.14. The van der Waals surface area contributed by atoms with Crippen LogP contribution in [0.15, 0.2) is 30.3 Å². The summed E-state index contributed by atoms with van der Waals surface area (Å²) in [7, 11) is 0. The first-order chi connectivity index (χ1) is 5.17. The predicted molar refractivity (Wildman–Crippen MR) is 53.1 cm³/mol. The Kier molecular flexibility index (Phi) is 2.40. The fourth-order valence-corrected chi connectivity index (χ4v) is 1.07. The Morgan fingerprint density at radius 2 is 1.73 bits per heavy atom. The van der Waals surface area contributed by atoms with Gasteiger partial charge in [-0.25, -0.2) is 0 Å². The number of thiocarbonyl (C=S) groups is 1. The molecule has 11 heavy (non-hydrogen) atoms. The Hall–Kier alpha value is -0.690. The Morgan fingerprint density at radius 3 is 2.18 bits per heavy atom. The first kappa shape index (κ1) is 8.41. The molecule has 1 aromatic rings. The zero-order chi connectivity index (χ0) is 8.32. The van der Waals surface area contributed by atoms with E-state index in [1.54, 1.807) is 0 Å². The monoisotopic (exact) mass is 164 g/mol. The van der Waals surface area contributed by atoms with E-state index in [-0.39, 0.29) is 5.41 Å². The summed E-state index contributed by atoms with van der Waals surface area (Å²) in [6.07, 6.45) is 0. The van der Waals surface area contributed by atoms with Crippen molar-refractivity contribution in [1.29, 1.82) is 0 Å². The van der Waals surface area contributed by atoms with E-state index < -0.39 is 0 Å². The van der Waals surface area contributed by atoms with Crippen molar-refractivity contribution in [2.24, 2.45) is 0 Å². The van der Waals surface area contributed by atoms with E-state index in [9.17, 15) is 0 Å². The van der Waals surface area contributed by atoms with Gasteiger partial charge in [-0.3, -0.25) is 0 Å². The number of hydrogen-bond donors (Lipinski definition) is 0. The second-order valence-corrected chi connectivity index (χ2v) is 3.44. The van der Waals surface area contributed by atoms with E-state index in [4.69, 9.17) is 12.2 Å². The van der Waals surface area contributed by atoms with Gasteiger partial charge in [-0.1, -0.05) is 56.4 Å². The highest BCUT2D eigenvalue weighted by molar-refractivity contribution is 7.79. The van der Waals surface area contributed by atoms with Crippen molar-refractivity contribution in [2.75, 3.05) is 0 Å². The van der Waals surface area contributed by atoms with Crippen LogP contribution in [0.4, 0.5) is 0 Å². The lowest BCUT2D eigenvalue weighted by Gasteiger charge is -2.18. The minimum Gasteiger partial charge on any atom is -0.0925 e. The fraction of sp³-hybridized carbons (Fsp3) is 0.300. The summed E-state index contributed by atoms with van der Waals surface area (Å²) in [5, 5.41) is 1.81. The van der Waals surface area contributed by atoms with Crippen LogP contribution in [0.2, 0.25) is 0 Å². The van der Waals surface area contributed by atoms with Gasteiger partial charge in [0.25, 0.3) is 0 Å². The van der Waals surface area contributed by atoms with E-state index in [2.05, 4.69) is 26.0 Å². The van der Waals surface area contributed by atoms with Crippen LogP contribution >= 0.6 is 12.2 Å². The summed E-state index contributed by atoms with van der Waals surface area (Å²) < 4.78 is 0. The van der Waals surface area contributed by atoms with Crippen molar-refractivity contribution in [1.82, 2.24) is 0 Å². The summed E-state index contributed by atoms with van der Waals surface area (Å²) in [6, 6.07) is 10.3. The van der Waals surface area contributed by atoms with Gasteiger partial charge in [0.05, 0.1) is 0 Å². The number of rotatable bonds is 2.